The van der Waals surface area contributed by atoms with E-state index < -0.39 is 0 Å². The van der Waals surface area contributed by atoms with Gasteiger partial charge < -0.3 is 0 Å². The third kappa shape index (κ3) is 5.21. The molecule has 0 saturated carbocycles. The van der Waals surface area contributed by atoms with Crippen LogP contribution in [-0.4, -0.2) is 13.6 Å². The van der Waals surface area contributed by atoms with Gasteiger partial charge in [-0.2, -0.15) is 0 Å². The molecular formula is C22H32N+. The van der Waals surface area contributed by atoms with E-state index in [1.807, 2.05) is 0 Å². The number of unbranched alkanes of at least 4 members (excludes halogenated alkanes) is 6. The molecule has 0 aliphatic carbocycles. The fourth-order valence-corrected chi connectivity index (χ4v) is 3.31. The molecular weight excluding hydrogens is 278 g/mol. The van der Waals surface area contributed by atoms with E-state index in [0.717, 1.165) is 4.48 Å². The first-order valence-corrected chi connectivity index (χ1v) is 9.24. The molecule has 2 aromatic carbocycles. The molecule has 0 spiro atoms. The first kappa shape index (κ1) is 17.7. The van der Waals surface area contributed by atoms with Gasteiger partial charge in [0.2, 0.25) is 0 Å². The van der Waals surface area contributed by atoms with E-state index in [9.17, 15) is 0 Å². The molecule has 0 atom stereocenters. The van der Waals surface area contributed by atoms with E-state index in [1.54, 1.807) is 0 Å². The molecule has 2 aromatic rings. The van der Waals surface area contributed by atoms with Crippen molar-refractivity contribution in [2.24, 2.45) is 0 Å². The second-order valence-corrected chi connectivity index (χ2v) is 6.71. The normalized spacial score (nSPS) is 11.6. The van der Waals surface area contributed by atoms with Gasteiger partial charge in [-0.15, -0.1) is 0 Å². The van der Waals surface area contributed by atoms with Gasteiger partial charge in [-0.3, -0.25) is 4.48 Å². The zero-order chi connectivity index (χ0) is 16.4. The molecule has 124 valence electrons. The van der Waals surface area contributed by atoms with Crippen molar-refractivity contribution in [1.29, 1.82) is 0 Å². The van der Waals surface area contributed by atoms with Crippen molar-refractivity contribution in [3.05, 3.63) is 60.7 Å². The molecule has 0 aliphatic heterocycles. The van der Waals surface area contributed by atoms with Gasteiger partial charge in [0, 0.05) is 0 Å². The Kier molecular flexibility index (Phi) is 7.35. The molecule has 0 aromatic heterocycles. The number of quaternary nitrogens is 1. The Morgan fingerprint density at radius 3 is 1.52 bits per heavy atom. The lowest BCUT2D eigenvalue weighted by molar-refractivity contribution is 0.429. The summed E-state index contributed by atoms with van der Waals surface area (Å²) in [6.07, 6.45) is 9.53. The second-order valence-electron chi connectivity index (χ2n) is 6.71. The van der Waals surface area contributed by atoms with Crippen molar-refractivity contribution in [3.63, 3.8) is 0 Å². The molecule has 0 heterocycles. The number of hydrogen-bond acceptors (Lipinski definition) is 0. The zero-order valence-electron chi connectivity index (χ0n) is 14.9. The molecule has 0 saturated heterocycles. The summed E-state index contributed by atoms with van der Waals surface area (Å²) in [5.74, 6) is 0. The predicted molar refractivity (Wildman–Crippen MR) is 103 cm³/mol. The van der Waals surface area contributed by atoms with Gasteiger partial charge in [0.05, 0.1) is 13.6 Å². The van der Waals surface area contributed by atoms with Crippen molar-refractivity contribution in [2.75, 3.05) is 13.6 Å². The van der Waals surface area contributed by atoms with E-state index in [2.05, 4.69) is 74.6 Å². The maximum absolute atomic E-state index is 2.35. The van der Waals surface area contributed by atoms with Crippen molar-refractivity contribution >= 4 is 11.4 Å². The van der Waals surface area contributed by atoms with Crippen LogP contribution in [-0.2, 0) is 0 Å². The van der Waals surface area contributed by atoms with Gasteiger partial charge in [0.15, 0.2) is 0 Å². The molecule has 0 unspecified atom stereocenters. The predicted octanol–water partition coefficient (Wildman–Crippen LogP) is 6.71. The summed E-state index contributed by atoms with van der Waals surface area (Å²) >= 11 is 0. The quantitative estimate of drug-likeness (QED) is 0.338. The summed E-state index contributed by atoms with van der Waals surface area (Å²) in [5.41, 5.74) is 2.76. The van der Waals surface area contributed by atoms with Crippen LogP contribution in [0.5, 0.6) is 0 Å². The lowest BCUT2D eigenvalue weighted by atomic mass is 10.1. The summed E-state index contributed by atoms with van der Waals surface area (Å²) in [7, 11) is 2.35. The summed E-state index contributed by atoms with van der Waals surface area (Å²) in [4.78, 5) is 0. The highest BCUT2D eigenvalue weighted by Crippen LogP contribution is 2.32. The van der Waals surface area contributed by atoms with Crippen molar-refractivity contribution < 1.29 is 0 Å². The van der Waals surface area contributed by atoms with E-state index in [-0.39, 0.29) is 0 Å². The molecule has 0 amide bonds. The monoisotopic (exact) mass is 310 g/mol. The Morgan fingerprint density at radius 1 is 0.609 bits per heavy atom. The zero-order valence-corrected chi connectivity index (χ0v) is 14.9. The van der Waals surface area contributed by atoms with Crippen molar-refractivity contribution in [2.45, 2.75) is 51.9 Å². The minimum absolute atomic E-state index is 0.899. The number of rotatable bonds is 10. The van der Waals surface area contributed by atoms with Crippen LogP contribution in [0.1, 0.15) is 51.9 Å². The molecule has 1 heteroatoms. The molecule has 1 nitrogen and oxygen atoms in total. The third-order valence-electron chi connectivity index (χ3n) is 4.86. The van der Waals surface area contributed by atoms with Crippen LogP contribution in [0.2, 0.25) is 0 Å². The Morgan fingerprint density at radius 2 is 1.04 bits per heavy atom. The van der Waals surface area contributed by atoms with E-state index in [0.29, 0.717) is 0 Å². The first-order chi connectivity index (χ1) is 11.3. The Labute approximate surface area is 142 Å². The van der Waals surface area contributed by atoms with Crippen LogP contribution in [0, 0.1) is 0 Å². The van der Waals surface area contributed by atoms with Crippen LogP contribution in [0.25, 0.3) is 0 Å². The van der Waals surface area contributed by atoms with Gasteiger partial charge in [0.1, 0.15) is 11.4 Å². The first-order valence-electron chi connectivity index (χ1n) is 9.24. The van der Waals surface area contributed by atoms with Crippen LogP contribution in [0.15, 0.2) is 60.7 Å². The van der Waals surface area contributed by atoms with Gasteiger partial charge in [-0.25, -0.2) is 0 Å². The summed E-state index contributed by atoms with van der Waals surface area (Å²) in [6, 6.07) is 21.8. The lowest BCUT2D eigenvalue weighted by Gasteiger charge is -2.33. The lowest BCUT2D eigenvalue weighted by Crippen LogP contribution is -2.40. The molecule has 0 N–H and O–H groups in total. The fraction of sp³-hybridized carbons (Fsp3) is 0.455. The summed E-state index contributed by atoms with van der Waals surface area (Å²) in [5, 5.41) is 0. The van der Waals surface area contributed by atoms with E-state index in [4.69, 9.17) is 0 Å². The SMILES string of the molecule is CCCCCCCCC[N+](C)(c1ccccc1)c1ccccc1. The van der Waals surface area contributed by atoms with Gasteiger partial charge >= 0.3 is 0 Å². The minimum atomic E-state index is 0.899. The highest BCUT2D eigenvalue weighted by molar-refractivity contribution is 5.57. The largest absolute Gasteiger partial charge is 0.261 e. The van der Waals surface area contributed by atoms with Crippen molar-refractivity contribution in [1.82, 2.24) is 4.48 Å². The molecule has 0 radical (unpaired) electrons. The number of hydrogen-bond donors (Lipinski definition) is 0. The highest BCUT2D eigenvalue weighted by Gasteiger charge is 2.26. The highest BCUT2D eigenvalue weighted by atomic mass is 15.3. The molecule has 0 bridgehead atoms. The average molecular weight is 311 g/mol. The second kappa shape index (κ2) is 9.52. The Balaban J connectivity index is 1.98. The smallest absolute Gasteiger partial charge is 0.137 e. The van der Waals surface area contributed by atoms with Gasteiger partial charge in [-0.05, 0) is 37.1 Å². The maximum atomic E-state index is 2.35. The van der Waals surface area contributed by atoms with Crippen molar-refractivity contribution in [3.8, 4) is 0 Å². The van der Waals surface area contributed by atoms with Crippen LogP contribution in [0.4, 0.5) is 11.4 Å². The molecule has 23 heavy (non-hydrogen) atoms. The average Bonchev–Trinajstić information content (AvgIpc) is 2.62. The van der Waals surface area contributed by atoms with Crippen LogP contribution >= 0.6 is 0 Å². The molecule has 2 rings (SSSR count). The Hall–Kier alpha value is -1.60. The molecule has 0 aliphatic rings. The standard InChI is InChI=1S/C22H32N/c1-3-4-5-6-7-8-15-20-23(2,21-16-11-9-12-17-21)22-18-13-10-14-19-22/h9-14,16-19H,3-8,15,20H2,1-2H3/q+1. The van der Waals surface area contributed by atoms with Crippen LogP contribution < -0.4 is 4.48 Å². The van der Waals surface area contributed by atoms with E-state index >= 15 is 0 Å². The number of benzene rings is 2. The summed E-state index contributed by atoms with van der Waals surface area (Å²) in [6.45, 7) is 3.45. The van der Waals surface area contributed by atoms with Gasteiger partial charge in [-0.1, -0.05) is 75.4 Å². The fourth-order valence-electron chi connectivity index (χ4n) is 3.31. The Bertz CT molecular complexity index is 493. The maximum Gasteiger partial charge on any atom is 0.137 e. The summed E-state index contributed by atoms with van der Waals surface area (Å²) < 4.78 is 0.899. The van der Waals surface area contributed by atoms with Crippen LogP contribution in [0.3, 0.4) is 0 Å². The molecule has 0 fully saturated rings. The third-order valence-corrected chi connectivity index (χ3v) is 4.86. The number of nitrogens with zero attached hydrogens (tertiary/aromatic N) is 1. The van der Waals surface area contributed by atoms with Gasteiger partial charge in [0.25, 0.3) is 0 Å². The van der Waals surface area contributed by atoms with E-state index in [1.165, 1.54) is 62.9 Å². The minimum Gasteiger partial charge on any atom is -0.261 e. The number of para-hydroxylation sites is 2. The topological polar surface area (TPSA) is 0 Å².